The maximum absolute atomic E-state index is 10.7. The number of β-amino-alcohol motifs (C(OH)–C–C–N with tert-alkyl or cyclic N) is 1. The number of aliphatic hydroxyl groups is 1. The number of hydrogen-bond acceptors (Lipinski definition) is 3. The number of likely N-dealkylation sites (tertiary alicyclic amines) is 1. The van der Waals surface area contributed by atoms with Gasteiger partial charge in [-0.1, -0.05) is 36.8 Å². The van der Waals surface area contributed by atoms with Crippen molar-refractivity contribution in [2.75, 3.05) is 13.1 Å². The number of nitrogens with zero attached hydrogens (tertiary/aromatic N) is 2. The molecule has 2 N–H and O–H groups in total. The summed E-state index contributed by atoms with van der Waals surface area (Å²) in [5.74, 6) is 0. The lowest BCUT2D eigenvalue weighted by atomic mass is 9.97. The van der Waals surface area contributed by atoms with Crippen LogP contribution in [-0.4, -0.2) is 28.1 Å². The number of fused-ring (bicyclic) bond motifs is 1. The Hall–Kier alpha value is -2.61. The third-order valence-corrected chi connectivity index (χ3v) is 5.36. The molecule has 132 valence electrons. The highest BCUT2D eigenvalue weighted by molar-refractivity contribution is 5.80. The molecule has 0 amide bonds. The number of rotatable bonds is 4. The number of benzene rings is 2. The summed E-state index contributed by atoms with van der Waals surface area (Å²) in [6, 6.07) is 20.3. The molecule has 4 nitrogen and oxygen atoms in total. The van der Waals surface area contributed by atoms with Crippen molar-refractivity contribution in [3.8, 4) is 6.07 Å². The van der Waals surface area contributed by atoms with E-state index in [4.69, 9.17) is 5.26 Å². The second-order valence-electron chi connectivity index (χ2n) is 7.07. The van der Waals surface area contributed by atoms with E-state index < -0.39 is 6.10 Å². The van der Waals surface area contributed by atoms with E-state index >= 15 is 0 Å². The summed E-state index contributed by atoms with van der Waals surface area (Å²) in [5, 5.41) is 20.9. The maximum Gasteiger partial charge on any atom is 0.0991 e. The van der Waals surface area contributed by atoms with Crippen LogP contribution in [0.15, 0.2) is 54.6 Å². The standard InChI is InChI=1S/C22H23N3O/c23-14-16-8-10-17(11-9-16)22(26)15-25-12-4-3-7-21(25)20-13-18-5-1-2-6-19(18)24-20/h1-2,5-6,8-11,13,21-22,24,26H,3-4,7,12,15H2. The molecule has 1 aliphatic rings. The van der Waals surface area contributed by atoms with E-state index in [0.29, 0.717) is 18.2 Å². The van der Waals surface area contributed by atoms with Crippen molar-refractivity contribution in [1.29, 1.82) is 5.26 Å². The topological polar surface area (TPSA) is 63.0 Å². The normalized spacial score (nSPS) is 19.3. The molecule has 0 bridgehead atoms. The van der Waals surface area contributed by atoms with Crippen LogP contribution in [0, 0.1) is 11.3 Å². The molecule has 0 saturated carbocycles. The first-order valence-electron chi connectivity index (χ1n) is 9.24. The van der Waals surface area contributed by atoms with Crippen LogP contribution in [0.5, 0.6) is 0 Å². The van der Waals surface area contributed by atoms with Gasteiger partial charge in [0.1, 0.15) is 0 Å². The lowest BCUT2D eigenvalue weighted by molar-refractivity contribution is 0.0655. The number of aromatic nitrogens is 1. The van der Waals surface area contributed by atoms with Crippen LogP contribution in [0.1, 0.15) is 48.2 Å². The van der Waals surface area contributed by atoms with Gasteiger partial charge < -0.3 is 10.1 Å². The molecule has 3 aromatic rings. The monoisotopic (exact) mass is 345 g/mol. The zero-order valence-electron chi connectivity index (χ0n) is 14.7. The molecular weight excluding hydrogens is 322 g/mol. The Balaban J connectivity index is 1.54. The molecule has 1 aliphatic heterocycles. The molecule has 0 radical (unpaired) electrons. The van der Waals surface area contributed by atoms with Gasteiger partial charge in [-0.15, -0.1) is 0 Å². The summed E-state index contributed by atoms with van der Waals surface area (Å²) in [7, 11) is 0. The summed E-state index contributed by atoms with van der Waals surface area (Å²) >= 11 is 0. The summed E-state index contributed by atoms with van der Waals surface area (Å²) in [6.07, 6.45) is 2.93. The van der Waals surface area contributed by atoms with E-state index in [0.717, 1.165) is 24.9 Å². The number of aromatic amines is 1. The molecule has 0 aliphatic carbocycles. The molecule has 2 aromatic carbocycles. The fourth-order valence-electron chi connectivity index (χ4n) is 3.94. The maximum atomic E-state index is 10.7. The zero-order chi connectivity index (χ0) is 17.9. The number of nitrogens with one attached hydrogen (secondary N) is 1. The summed E-state index contributed by atoms with van der Waals surface area (Å²) in [6.45, 7) is 1.60. The fraction of sp³-hybridized carbons (Fsp3) is 0.318. The molecule has 1 saturated heterocycles. The first-order chi connectivity index (χ1) is 12.7. The van der Waals surface area contributed by atoms with Gasteiger partial charge in [0.05, 0.1) is 17.7 Å². The number of H-pyrrole nitrogens is 1. The van der Waals surface area contributed by atoms with Crippen LogP contribution in [0.3, 0.4) is 0 Å². The van der Waals surface area contributed by atoms with Gasteiger partial charge in [-0.2, -0.15) is 5.26 Å². The Morgan fingerprint density at radius 1 is 1.15 bits per heavy atom. The quantitative estimate of drug-likeness (QED) is 0.741. The van der Waals surface area contributed by atoms with Gasteiger partial charge in [-0.25, -0.2) is 0 Å². The predicted octanol–water partition coefficient (Wildman–Crippen LogP) is 4.30. The van der Waals surface area contributed by atoms with Crippen molar-refractivity contribution in [2.24, 2.45) is 0 Å². The van der Waals surface area contributed by atoms with Crippen LogP contribution in [0.2, 0.25) is 0 Å². The largest absolute Gasteiger partial charge is 0.387 e. The van der Waals surface area contributed by atoms with Crippen LogP contribution in [0.4, 0.5) is 0 Å². The van der Waals surface area contributed by atoms with Gasteiger partial charge >= 0.3 is 0 Å². The SMILES string of the molecule is N#Cc1ccc(C(O)CN2CCCCC2c2cc3ccccc3[nH]2)cc1. The highest BCUT2D eigenvalue weighted by atomic mass is 16.3. The van der Waals surface area contributed by atoms with E-state index in [2.05, 4.69) is 46.3 Å². The van der Waals surface area contributed by atoms with Crippen molar-refractivity contribution in [1.82, 2.24) is 9.88 Å². The predicted molar refractivity (Wildman–Crippen MR) is 103 cm³/mol. The van der Waals surface area contributed by atoms with Gasteiger partial charge in [0.25, 0.3) is 0 Å². The van der Waals surface area contributed by atoms with Gasteiger partial charge in [-0.05, 0) is 54.6 Å². The Labute approximate surface area is 153 Å². The van der Waals surface area contributed by atoms with E-state index in [-0.39, 0.29) is 0 Å². The van der Waals surface area contributed by atoms with Crippen molar-refractivity contribution in [3.63, 3.8) is 0 Å². The second-order valence-corrected chi connectivity index (χ2v) is 7.07. The molecular formula is C22H23N3O. The van der Waals surface area contributed by atoms with Crippen molar-refractivity contribution >= 4 is 10.9 Å². The third kappa shape index (κ3) is 3.37. The Bertz CT molecular complexity index is 889. The highest BCUT2D eigenvalue weighted by Crippen LogP contribution is 2.33. The van der Waals surface area contributed by atoms with E-state index in [1.807, 2.05) is 12.1 Å². The molecule has 1 aromatic heterocycles. The number of para-hydroxylation sites is 1. The first kappa shape index (κ1) is 16.8. The lowest BCUT2D eigenvalue weighted by Gasteiger charge is -2.36. The third-order valence-electron chi connectivity index (χ3n) is 5.36. The first-order valence-corrected chi connectivity index (χ1v) is 9.24. The summed E-state index contributed by atoms with van der Waals surface area (Å²) in [5.41, 5.74) is 3.89. The van der Waals surface area contributed by atoms with Crippen LogP contribution in [-0.2, 0) is 0 Å². The molecule has 2 unspecified atom stereocenters. The van der Waals surface area contributed by atoms with E-state index in [1.54, 1.807) is 12.1 Å². The van der Waals surface area contributed by atoms with E-state index in [9.17, 15) is 5.11 Å². The second kappa shape index (κ2) is 7.33. The molecule has 1 fully saturated rings. The van der Waals surface area contributed by atoms with E-state index in [1.165, 1.54) is 23.0 Å². The van der Waals surface area contributed by atoms with Gasteiger partial charge in [0.2, 0.25) is 0 Å². The van der Waals surface area contributed by atoms with Crippen LogP contribution < -0.4 is 0 Å². The molecule has 26 heavy (non-hydrogen) atoms. The Morgan fingerprint density at radius 3 is 2.73 bits per heavy atom. The minimum absolute atomic E-state index is 0.309. The Kier molecular flexibility index (Phi) is 4.75. The van der Waals surface area contributed by atoms with Gasteiger partial charge in [0, 0.05) is 23.8 Å². The fourth-order valence-corrected chi connectivity index (χ4v) is 3.94. The van der Waals surface area contributed by atoms with Crippen LogP contribution >= 0.6 is 0 Å². The van der Waals surface area contributed by atoms with Crippen molar-refractivity contribution < 1.29 is 5.11 Å². The molecule has 2 heterocycles. The number of piperidine rings is 1. The smallest absolute Gasteiger partial charge is 0.0991 e. The van der Waals surface area contributed by atoms with Crippen molar-refractivity contribution in [3.05, 3.63) is 71.4 Å². The Morgan fingerprint density at radius 2 is 1.96 bits per heavy atom. The molecule has 2 atom stereocenters. The minimum atomic E-state index is -0.548. The average Bonchev–Trinajstić information content (AvgIpc) is 3.12. The molecule has 4 rings (SSSR count). The molecule has 4 heteroatoms. The number of aliphatic hydroxyl groups excluding tert-OH is 1. The minimum Gasteiger partial charge on any atom is -0.387 e. The number of hydrogen-bond donors (Lipinski definition) is 2. The van der Waals surface area contributed by atoms with Gasteiger partial charge in [-0.3, -0.25) is 4.90 Å². The zero-order valence-corrected chi connectivity index (χ0v) is 14.7. The number of nitriles is 1. The van der Waals surface area contributed by atoms with Crippen molar-refractivity contribution in [2.45, 2.75) is 31.4 Å². The average molecular weight is 345 g/mol. The summed E-state index contributed by atoms with van der Waals surface area (Å²) < 4.78 is 0. The summed E-state index contributed by atoms with van der Waals surface area (Å²) in [4.78, 5) is 5.95. The lowest BCUT2D eigenvalue weighted by Crippen LogP contribution is -2.36. The van der Waals surface area contributed by atoms with Gasteiger partial charge in [0.15, 0.2) is 0 Å². The molecule has 0 spiro atoms. The highest BCUT2D eigenvalue weighted by Gasteiger charge is 2.27. The van der Waals surface area contributed by atoms with Crippen LogP contribution in [0.25, 0.3) is 10.9 Å².